The summed E-state index contributed by atoms with van der Waals surface area (Å²) in [5.41, 5.74) is 0. The molecule has 0 spiro atoms. The minimum atomic E-state index is 0. The summed E-state index contributed by atoms with van der Waals surface area (Å²) < 4.78 is 2.86. The normalized spacial score (nSPS) is 8.53. The van der Waals surface area contributed by atoms with Gasteiger partial charge in [0.15, 0.2) is 0 Å². The predicted molar refractivity (Wildman–Crippen MR) is 72.4 cm³/mol. The van der Waals surface area contributed by atoms with E-state index in [1.165, 1.54) is 8.92 Å². The summed E-state index contributed by atoms with van der Waals surface area (Å²) >= 11 is 0.461. The molecule has 0 aromatic heterocycles. The summed E-state index contributed by atoms with van der Waals surface area (Å²) in [5, 5.41) is 0. The van der Waals surface area contributed by atoms with Crippen molar-refractivity contribution in [3.8, 4) is 0 Å². The van der Waals surface area contributed by atoms with Crippen molar-refractivity contribution in [1.29, 1.82) is 0 Å². The van der Waals surface area contributed by atoms with Crippen LogP contribution in [0.2, 0.25) is 0 Å². The average molecular weight is 306 g/mol. The maximum atomic E-state index is 2.19. The van der Waals surface area contributed by atoms with Crippen LogP contribution >= 0.6 is 24.8 Å². The summed E-state index contributed by atoms with van der Waals surface area (Å²) in [5.74, 6) is 0. The third-order valence-corrected chi connectivity index (χ3v) is 3.85. The molecule has 2 aromatic carbocycles. The molecule has 0 atom stereocenters. The van der Waals surface area contributed by atoms with E-state index in [2.05, 4.69) is 60.7 Å². The number of halogens is 2. The Kier molecular flexibility index (Phi) is 7.54. The molecule has 3 heteroatoms. The van der Waals surface area contributed by atoms with Crippen LogP contribution in [0.4, 0.5) is 0 Å². The van der Waals surface area contributed by atoms with Crippen molar-refractivity contribution in [3.05, 3.63) is 60.7 Å². The van der Waals surface area contributed by atoms with Crippen LogP contribution in [-0.2, 0) is 0 Å². The van der Waals surface area contributed by atoms with Gasteiger partial charge in [-0.3, -0.25) is 0 Å². The molecule has 0 nitrogen and oxygen atoms in total. The molecule has 0 saturated heterocycles. The summed E-state index contributed by atoms with van der Waals surface area (Å²) in [6, 6.07) is 21.3. The van der Waals surface area contributed by atoms with Gasteiger partial charge < -0.3 is 0 Å². The van der Waals surface area contributed by atoms with E-state index in [1.807, 2.05) is 0 Å². The Balaban J connectivity index is 0.000000980. The average Bonchev–Trinajstić information content (AvgIpc) is 2.21. The number of benzene rings is 2. The van der Waals surface area contributed by atoms with Gasteiger partial charge >= 0.3 is 84.5 Å². The first-order chi connectivity index (χ1) is 6.45. The van der Waals surface area contributed by atoms with Gasteiger partial charge in [-0.25, -0.2) is 0 Å². The topological polar surface area (TPSA) is 0 Å². The summed E-state index contributed by atoms with van der Waals surface area (Å²) in [7, 11) is 0. The molecule has 0 heterocycles. The first-order valence-corrected chi connectivity index (χ1v) is 5.94. The van der Waals surface area contributed by atoms with Crippen LogP contribution in [0.1, 0.15) is 0 Å². The fourth-order valence-corrected chi connectivity index (χ4v) is 2.91. The first-order valence-electron chi connectivity index (χ1n) is 4.23. The monoisotopic (exact) mass is 306 g/mol. The number of hydrogen-bond donors (Lipinski definition) is 0. The molecule has 2 rings (SSSR count). The Morgan fingerprint density at radius 2 is 0.867 bits per heavy atom. The van der Waals surface area contributed by atoms with E-state index < -0.39 is 0 Å². The molecule has 0 aliphatic rings. The van der Waals surface area contributed by atoms with E-state index in [9.17, 15) is 0 Å². The summed E-state index contributed by atoms with van der Waals surface area (Å²) in [6.45, 7) is 0. The van der Waals surface area contributed by atoms with E-state index in [-0.39, 0.29) is 24.8 Å². The van der Waals surface area contributed by atoms with E-state index in [0.717, 1.165) is 0 Å². The molecule has 0 radical (unpaired) electrons. The Morgan fingerprint density at radius 3 is 1.20 bits per heavy atom. The van der Waals surface area contributed by atoms with Gasteiger partial charge in [-0.05, 0) is 0 Å². The zero-order chi connectivity index (χ0) is 8.93. The zero-order valence-electron chi connectivity index (χ0n) is 8.00. The molecule has 0 fully saturated rings. The van der Waals surface area contributed by atoms with Gasteiger partial charge in [0.1, 0.15) is 0 Å². The Hall–Kier alpha value is -0.461. The third-order valence-electron chi connectivity index (χ3n) is 1.72. The van der Waals surface area contributed by atoms with E-state index in [0.29, 0.717) is 15.0 Å². The molecule has 0 saturated carbocycles. The van der Waals surface area contributed by atoms with Crippen molar-refractivity contribution in [3.63, 3.8) is 0 Å². The van der Waals surface area contributed by atoms with Gasteiger partial charge in [0.25, 0.3) is 0 Å². The molecular weight excluding hydrogens is 294 g/mol. The number of hydrogen-bond acceptors (Lipinski definition) is 0. The van der Waals surface area contributed by atoms with Crippen molar-refractivity contribution in [2.24, 2.45) is 0 Å². The second-order valence-corrected chi connectivity index (χ2v) is 5.13. The molecule has 0 bridgehead atoms. The van der Waals surface area contributed by atoms with Crippen LogP contribution in [0, 0.1) is 0 Å². The summed E-state index contributed by atoms with van der Waals surface area (Å²) in [4.78, 5) is 0. The van der Waals surface area contributed by atoms with Gasteiger partial charge in [0, 0.05) is 0 Å². The predicted octanol–water partition coefficient (Wildman–Crippen LogP) is 2.19. The molecule has 15 heavy (non-hydrogen) atoms. The SMILES string of the molecule is Cl.Cl.c1ccc([Se]c2ccccc2)cc1. The standard InChI is InChI=1S/C12H10Se.2ClH/c1-3-7-11(8-4-1)13-12-9-5-2-6-10-12;;/h1-10H;2*1H. The van der Waals surface area contributed by atoms with Crippen molar-refractivity contribution in [1.82, 2.24) is 0 Å². The summed E-state index contributed by atoms with van der Waals surface area (Å²) in [6.07, 6.45) is 0. The van der Waals surface area contributed by atoms with Crippen LogP contribution in [0.25, 0.3) is 0 Å². The van der Waals surface area contributed by atoms with Gasteiger partial charge in [0.2, 0.25) is 0 Å². The molecule has 0 unspecified atom stereocenters. The molecule has 0 N–H and O–H groups in total. The van der Waals surface area contributed by atoms with Crippen LogP contribution in [0.5, 0.6) is 0 Å². The van der Waals surface area contributed by atoms with Crippen molar-refractivity contribution in [2.75, 3.05) is 0 Å². The van der Waals surface area contributed by atoms with E-state index in [1.54, 1.807) is 0 Å². The molecular formula is C12H12Cl2Se. The van der Waals surface area contributed by atoms with Gasteiger partial charge in [-0.2, -0.15) is 0 Å². The zero-order valence-corrected chi connectivity index (χ0v) is 11.3. The molecule has 0 aliphatic carbocycles. The first kappa shape index (κ1) is 14.5. The van der Waals surface area contributed by atoms with Crippen molar-refractivity contribution >= 4 is 48.7 Å². The second kappa shape index (κ2) is 7.78. The quantitative estimate of drug-likeness (QED) is 0.746. The van der Waals surface area contributed by atoms with Crippen molar-refractivity contribution in [2.45, 2.75) is 0 Å². The molecule has 80 valence electrons. The molecule has 0 aliphatic heterocycles. The van der Waals surface area contributed by atoms with Crippen LogP contribution in [-0.4, -0.2) is 15.0 Å². The third kappa shape index (κ3) is 4.72. The van der Waals surface area contributed by atoms with Crippen molar-refractivity contribution < 1.29 is 0 Å². The second-order valence-electron chi connectivity index (χ2n) is 2.73. The Bertz CT molecular complexity index is 324. The van der Waals surface area contributed by atoms with Gasteiger partial charge in [-0.1, -0.05) is 0 Å². The number of rotatable bonds is 2. The minimum absolute atomic E-state index is 0. The fourth-order valence-electron chi connectivity index (χ4n) is 1.11. The molecule has 2 aromatic rings. The maximum absolute atomic E-state index is 2.19. The van der Waals surface area contributed by atoms with Gasteiger partial charge in [-0.15, -0.1) is 24.8 Å². The Morgan fingerprint density at radius 1 is 0.533 bits per heavy atom. The Labute approximate surface area is 109 Å². The van der Waals surface area contributed by atoms with Gasteiger partial charge in [0.05, 0.1) is 0 Å². The van der Waals surface area contributed by atoms with E-state index in [4.69, 9.17) is 0 Å². The van der Waals surface area contributed by atoms with Crippen LogP contribution in [0.3, 0.4) is 0 Å². The fraction of sp³-hybridized carbons (Fsp3) is 0. The van der Waals surface area contributed by atoms with Crippen LogP contribution < -0.4 is 8.92 Å². The van der Waals surface area contributed by atoms with E-state index >= 15 is 0 Å². The molecule has 0 amide bonds. The van der Waals surface area contributed by atoms with Crippen LogP contribution in [0.15, 0.2) is 60.7 Å².